The summed E-state index contributed by atoms with van der Waals surface area (Å²) in [5.41, 5.74) is 1.09. The molecule has 3 aromatic rings. The van der Waals surface area contributed by atoms with Gasteiger partial charge in [0.1, 0.15) is 0 Å². The quantitative estimate of drug-likeness (QED) is 0.799. The van der Waals surface area contributed by atoms with Crippen LogP contribution in [0.25, 0.3) is 11.0 Å². The van der Waals surface area contributed by atoms with Gasteiger partial charge < -0.3 is 14.1 Å². The summed E-state index contributed by atoms with van der Waals surface area (Å²) in [6.07, 6.45) is 2.65. The Morgan fingerprint density at radius 2 is 2.10 bits per heavy atom. The lowest BCUT2D eigenvalue weighted by molar-refractivity contribution is 0.0660. The zero-order valence-corrected chi connectivity index (χ0v) is 10.0. The second kappa shape index (κ2) is 4.44. The van der Waals surface area contributed by atoms with Crippen molar-refractivity contribution in [3.8, 4) is 0 Å². The molecular weight excluding hydrogens is 270 g/mol. The number of imidazole rings is 1. The summed E-state index contributed by atoms with van der Waals surface area (Å²) in [7, 11) is 0. The Bertz CT molecular complexity index is 807. The Morgan fingerprint density at radius 3 is 2.85 bits per heavy atom. The fourth-order valence-electron chi connectivity index (χ4n) is 2.01. The molecule has 0 radical (unpaired) electrons. The average Bonchev–Trinajstić information content (AvgIpc) is 2.99. The molecule has 0 unspecified atom stereocenters. The molecule has 0 saturated heterocycles. The first-order chi connectivity index (χ1) is 9.56. The van der Waals surface area contributed by atoms with Gasteiger partial charge in [-0.2, -0.15) is 0 Å². The van der Waals surface area contributed by atoms with Crippen LogP contribution in [0, 0.1) is 11.6 Å². The van der Waals surface area contributed by atoms with E-state index in [0.29, 0.717) is 16.6 Å². The molecular formula is C13H8F2N2O3. The minimum atomic E-state index is -1.19. The van der Waals surface area contributed by atoms with Gasteiger partial charge in [-0.25, -0.2) is 18.6 Å². The molecule has 1 aromatic carbocycles. The number of nitrogens with zero attached hydrogens (tertiary/aromatic N) is 2. The number of rotatable bonds is 3. The Kier molecular flexibility index (Phi) is 2.74. The average molecular weight is 278 g/mol. The lowest BCUT2D eigenvalue weighted by Crippen LogP contribution is -2.04. The monoisotopic (exact) mass is 278 g/mol. The Morgan fingerprint density at radius 1 is 1.35 bits per heavy atom. The molecule has 3 rings (SSSR count). The van der Waals surface area contributed by atoms with Crippen LogP contribution in [0.5, 0.6) is 0 Å². The number of hydrogen-bond acceptors (Lipinski definition) is 3. The highest BCUT2D eigenvalue weighted by atomic mass is 19.2. The van der Waals surface area contributed by atoms with Crippen LogP contribution in [0.15, 0.2) is 35.2 Å². The van der Waals surface area contributed by atoms with Gasteiger partial charge in [0, 0.05) is 17.7 Å². The van der Waals surface area contributed by atoms with Gasteiger partial charge >= 0.3 is 5.97 Å². The number of carboxylic acids is 1. The van der Waals surface area contributed by atoms with Crippen molar-refractivity contribution in [2.24, 2.45) is 0 Å². The Labute approximate surface area is 111 Å². The first kappa shape index (κ1) is 12.3. The third-order valence-electron chi connectivity index (χ3n) is 2.94. The molecule has 0 saturated carbocycles. The van der Waals surface area contributed by atoms with Crippen LogP contribution in [-0.4, -0.2) is 20.6 Å². The number of furan rings is 1. The predicted octanol–water partition coefficient (Wildman–Crippen LogP) is 2.65. The minimum absolute atomic E-state index is 0.139. The highest BCUT2D eigenvalue weighted by molar-refractivity contribution is 5.86. The summed E-state index contributed by atoms with van der Waals surface area (Å²) in [5.74, 6) is -3.33. The minimum Gasteiger partial charge on any atom is -0.475 e. The standard InChI is InChI=1S/C13H8F2N2O3/c14-8-3-10-11(4-9(8)15)17(6-16-10)5-7-1-2-20-12(7)13(18)19/h1-4,6H,5H2,(H,18,19). The molecule has 2 aromatic heterocycles. The molecule has 5 nitrogen and oxygen atoms in total. The van der Waals surface area contributed by atoms with E-state index < -0.39 is 17.6 Å². The van der Waals surface area contributed by atoms with Crippen LogP contribution in [0.1, 0.15) is 16.1 Å². The van der Waals surface area contributed by atoms with Gasteiger partial charge in [0.2, 0.25) is 5.76 Å². The highest BCUT2D eigenvalue weighted by Crippen LogP contribution is 2.20. The summed E-state index contributed by atoms with van der Waals surface area (Å²) in [6.45, 7) is 0.139. The Balaban J connectivity index is 2.05. The molecule has 0 aliphatic carbocycles. The van der Waals surface area contributed by atoms with Crippen molar-refractivity contribution in [3.05, 3.63) is 53.7 Å². The normalized spacial score (nSPS) is 11.1. The van der Waals surface area contributed by atoms with Crippen LogP contribution < -0.4 is 0 Å². The zero-order valence-electron chi connectivity index (χ0n) is 10.0. The van der Waals surface area contributed by atoms with Crippen molar-refractivity contribution in [2.75, 3.05) is 0 Å². The molecule has 0 atom stereocenters. The van der Waals surface area contributed by atoms with Gasteiger partial charge in [0.05, 0.1) is 30.2 Å². The first-order valence-corrected chi connectivity index (χ1v) is 5.66. The van der Waals surface area contributed by atoms with Gasteiger partial charge in [0.25, 0.3) is 0 Å². The third kappa shape index (κ3) is 1.93. The molecule has 7 heteroatoms. The van der Waals surface area contributed by atoms with E-state index in [4.69, 9.17) is 9.52 Å². The van der Waals surface area contributed by atoms with Gasteiger partial charge in [-0.05, 0) is 6.07 Å². The molecule has 102 valence electrons. The fraction of sp³-hybridized carbons (Fsp3) is 0.0769. The number of hydrogen-bond donors (Lipinski definition) is 1. The number of benzene rings is 1. The van der Waals surface area contributed by atoms with Crippen molar-refractivity contribution in [1.29, 1.82) is 0 Å². The maximum absolute atomic E-state index is 13.3. The van der Waals surface area contributed by atoms with Gasteiger partial charge in [-0.3, -0.25) is 0 Å². The maximum atomic E-state index is 13.3. The van der Waals surface area contributed by atoms with Crippen LogP contribution >= 0.6 is 0 Å². The largest absolute Gasteiger partial charge is 0.475 e. The zero-order chi connectivity index (χ0) is 14.3. The number of aromatic nitrogens is 2. The van der Waals surface area contributed by atoms with E-state index in [1.807, 2.05) is 0 Å². The van der Waals surface area contributed by atoms with E-state index in [0.717, 1.165) is 12.1 Å². The topological polar surface area (TPSA) is 68.3 Å². The van der Waals surface area contributed by atoms with E-state index >= 15 is 0 Å². The van der Waals surface area contributed by atoms with E-state index in [1.165, 1.54) is 23.2 Å². The predicted molar refractivity (Wildman–Crippen MR) is 64.4 cm³/mol. The molecule has 0 spiro atoms. The molecule has 0 bridgehead atoms. The van der Waals surface area contributed by atoms with Crippen molar-refractivity contribution < 1.29 is 23.1 Å². The van der Waals surface area contributed by atoms with E-state index in [9.17, 15) is 13.6 Å². The molecule has 2 heterocycles. The molecule has 1 N–H and O–H groups in total. The number of aromatic carboxylic acids is 1. The molecule has 0 aliphatic rings. The van der Waals surface area contributed by atoms with Crippen molar-refractivity contribution >= 4 is 17.0 Å². The SMILES string of the molecule is O=C(O)c1occc1Cn1cnc2cc(F)c(F)cc21. The second-order valence-corrected chi connectivity index (χ2v) is 4.21. The summed E-state index contributed by atoms with van der Waals surface area (Å²) in [6, 6.07) is 3.53. The maximum Gasteiger partial charge on any atom is 0.372 e. The van der Waals surface area contributed by atoms with E-state index in [1.54, 1.807) is 0 Å². The van der Waals surface area contributed by atoms with Crippen LogP contribution in [0.4, 0.5) is 8.78 Å². The highest BCUT2D eigenvalue weighted by Gasteiger charge is 2.16. The van der Waals surface area contributed by atoms with Gasteiger partial charge in [-0.1, -0.05) is 0 Å². The third-order valence-corrected chi connectivity index (χ3v) is 2.94. The number of fused-ring (bicyclic) bond motifs is 1. The first-order valence-electron chi connectivity index (χ1n) is 5.66. The number of halogens is 2. The molecule has 0 aliphatic heterocycles. The van der Waals surface area contributed by atoms with Crippen molar-refractivity contribution in [3.63, 3.8) is 0 Å². The summed E-state index contributed by atoms with van der Waals surface area (Å²) < 4.78 is 32.7. The van der Waals surface area contributed by atoms with Crippen molar-refractivity contribution in [1.82, 2.24) is 9.55 Å². The summed E-state index contributed by atoms with van der Waals surface area (Å²) in [4.78, 5) is 14.9. The van der Waals surface area contributed by atoms with Gasteiger partial charge in [0.15, 0.2) is 11.6 Å². The molecule has 0 fully saturated rings. The fourth-order valence-corrected chi connectivity index (χ4v) is 2.01. The second-order valence-electron chi connectivity index (χ2n) is 4.21. The lowest BCUT2D eigenvalue weighted by Gasteiger charge is -2.03. The van der Waals surface area contributed by atoms with Crippen LogP contribution in [0.3, 0.4) is 0 Å². The summed E-state index contributed by atoms with van der Waals surface area (Å²) in [5, 5.41) is 8.95. The number of carbonyl (C=O) groups is 1. The lowest BCUT2D eigenvalue weighted by atomic mass is 10.2. The van der Waals surface area contributed by atoms with Crippen LogP contribution in [-0.2, 0) is 6.54 Å². The molecule has 0 amide bonds. The van der Waals surface area contributed by atoms with E-state index in [-0.39, 0.29) is 12.3 Å². The van der Waals surface area contributed by atoms with Crippen molar-refractivity contribution in [2.45, 2.75) is 6.54 Å². The smallest absolute Gasteiger partial charge is 0.372 e. The molecule has 20 heavy (non-hydrogen) atoms. The van der Waals surface area contributed by atoms with E-state index in [2.05, 4.69) is 4.98 Å². The number of carboxylic acid groups (broad SMARTS) is 1. The summed E-state index contributed by atoms with van der Waals surface area (Å²) >= 11 is 0. The Hall–Kier alpha value is -2.70. The van der Waals surface area contributed by atoms with Gasteiger partial charge in [-0.15, -0.1) is 0 Å². The van der Waals surface area contributed by atoms with Crippen LogP contribution in [0.2, 0.25) is 0 Å².